The van der Waals surface area contributed by atoms with E-state index in [4.69, 9.17) is 0 Å². The lowest BCUT2D eigenvalue weighted by molar-refractivity contribution is -0.143. The quantitative estimate of drug-likeness (QED) is 0.522. The molecule has 0 aromatic carbocycles. The SMILES string of the molecule is CNC(=O)C1CNCCN1C(=O)[C@H]1CCC(=O)N1. The molecule has 7 heteroatoms. The third-order valence-electron chi connectivity index (χ3n) is 3.37. The first-order valence-electron chi connectivity index (χ1n) is 6.15. The van der Waals surface area contributed by atoms with Gasteiger partial charge in [-0.1, -0.05) is 0 Å². The second-order valence-electron chi connectivity index (χ2n) is 4.52. The second-order valence-corrected chi connectivity index (χ2v) is 4.52. The number of nitrogens with zero attached hydrogens (tertiary/aromatic N) is 1. The number of rotatable bonds is 2. The molecule has 3 N–H and O–H groups in total. The minimum atomic E-state index is -0.492. The Morgan fingerprint density at radius 3 is 2.83 bits per heavy atom. The van der Waals surface area contributed by atoms with Gasteiger partial charge in [-0.2, -0.15) is 0 Å². The third kappa shape index (κ3) is 2.45. The zero-order chi connectivity index (χ0) is 13.1. The minimum absolute atomic E-state index is 0.0972. The van der Waals surface area contributed by atoms with Crippen molar-refractivity contribution in [1.29, 1.82) is 0 Å². The summed E-state index contributed by atoms with van der Waals surface area (Å²) in [6.07, 6.45) is 0.898. The molecule has 0 spiro atoms. The molecule has 3 amide bonds. The fourth-order valence-electron chi connectivity index (χ4n) is 2.37. The molecule has 2 rings (SSSR count). The molecule has 1 unspecified atom stereocenters. The van der Waals surface area contributed by atoms with E-state index in [9.17, 15) is 14.4 Å². The summed E-state index contributed by atoms with van der Waals surface area (Å²) in [5.74, 6) is -0.434. The van der Waals surface area contributed by atoms with E-state index in [1.807, 2.05) is 0 Å². The van der Waals surface area contributed by atoms with E-state index in [2.05, 4.69) is 16.0 Å². The van der Waals surface area contributed by atoms with Crippen LogP contribution in [-0.2, 0) is 14.4 Å². The Labute approximate surface area is 105 Å². The van der Waals surface area contributed by atoms with Crippen molar-refractivity contribution < 1.29 is 14.4 Å². The monoisotopic (exact) mass is 254 g/mol. The standard InChI is InChI=1S/C11H18N4O3/c1-12-10(17)8-6-13-4-5-15(8)11(18)7-2-3-9(16)14-7/h7-8,13H,2-6H2,1H3,(H,12,17)(H,14,16)/t7-,8?/m1/s1. The molecule has 0 bridgehead atoms. The summed E-state index contributed by atoms with van der Waals surface area (Å²) in [5, 5.41) is 8.30. The Morgan fingerprint density at radius 1 is 1.44 bits per heavy atom. The van der Waals surface area contributed by atoms with Gasteiger partial charge in [0.1, 0.15) is 12.1 Å². The first-order chi connectivity index (χ1) is 8.63. The van der Waals surface area contributed by atoms with Gasteiger partial charge in [0.25, 0.3) is 0 Å². The Balaban J connectivity index is 2.06. The van der Waals surface area contributed by atoms with Crippen LogP contribution in [0.25, 0.3) is 0 Å². The van der Waals surface area contributed by atoms with E-state index in [-0.39, 0.29) is 17.7 Å². The predicted molar refractivity (Wildman–Crippen MR) is 63.6 cm³/mol. The Morgan fingerprint density at radius 2 is 2.22 bits per heavy atom. The molecule has 2 aliphatic heterocycles. The predicted octanol–water partition coefficient (Wildman–Crippen LogP) is -2.19. The van der Waals surface area contributed by atoms with Gasteiger partial charge in [0, 0.05) is 33.1 Å². The van der Waals surface area contributed by atoms with Crippen LogP contribution in [-0.4, -0.2) is 61.4 Å². The van der Waals surface area contributed by atoms with Crippen LogP contribution in [0.4, 0.5) is 0 Å². The maximum Gasteiger partial charge on any atom is 0.245 e. The zero-order valence-electron chi connectivity index (χ0n) is 10.4. The molecule has 0 aromatic rings. The van der Waals surface area contributed by atoms with Gasteiger partial charge in [0.05, 0.1) is 0 Å². The molecular weight excluding hydrogens is 236 g/mol. The summed E-state index contributed by atoms with van der Waals surface area (Å²) < 4.78 is 0. The second kappa shape index (κ2) is 5.34. The molecule has 0 aliphatic carbocycles. The lowest BCUT2D eigenvalue weighted by atomic mass is 10.1. The van der Waals surface area contributed by atoms with Crippen LogP contribution in [0.5, 0.6) is 0 Å². The smallest absolute Gasteiger partial charge is 0.245 e. The van der Waals surface area contributed by atoms with Gasteiger partial charge in [-0.15, -0.1) is 0 Å². The number of hydrogen-bond acceptors (Lipinski definition) is 4. The van der Waals surface area contributed by atoms with Crippen LogP contribution in [0.1, 0.15) is 12.8 Å². The van der Waals surface area contributed by atoms with E-state index in [1.54, 1.807) is 11.9 Å². The summed E-state index contributed by atoms with van der Waals surface area (Å²) in [7, 11) is 1.55. The summed E-state index contributed by atoms with van der Waals surface area (Å²) in [5.41, 5.74) is 0. The van der Waals surface area contributed by atoms with Gasteiger partial charge in [-0.05, 0) is 6.42 Å². The molecule has 100 valence electrons. The number of amides is 3. The van der Waals surface area contributed by atoms with Gasteiger partial charge in [0.2, 0.25) is 17.7 Å². The Hall–Kier alpha value is -1.63. The molecule has 18 heavy (non-hydrogen) atoms. The van der Waals surface area contributed by atoms with Gasteiger partial charge in [-0.3, -0.25) is 14.4 Å². The highest BCUT2D eigenvalue weighted by molar-refractivity contribution is 5.94. The highest BCUT2D eigenvalue weighted by atomic mass is 16.2. The molecule has 2 atom stereocenters. The lowest BCUT2D eigenvalue weighted by Gasteiger charge is -2.36. The average molecular weight is 254 g/mol. The van der Waals surface area contributed by atoms with E-state index >= 15 is 0 Å². The summed E-state index contributed by atoms with van der Waals surface area (Å²) >= 11 is 0. The van der Waals surface area contributed by atoms with E-state index in [0.717, 1.165) is 0 Å². The van der Waals surface area contributed by atoms with Gasteiger partial charge in [0.15, 0.2) is 0 Å². The van der Waals surface area contributed by atoms with E-state index in [1.165, 1.54) is 0 Å². The number of hydrogen-bond donors (Lipinski definition) is 3. The molecule has 2 saturated heterocycles. The molecule has 7 nitrogen and oxygen atoms in total. The minimum Gasteiger partial charge on any atom is -0.357 e. The molecule has 2 heterocycles. The average Bonchev–Trinajstić information content (AvgIpc) is 2.83. The van der Waals surface area contributed by atoms with E-state index in [0.29, 0.717) is 32.5 Å². The van der Waals surface area contributed by atoms with Crippen molar-refractivity contribution in [3.05, 3.63) is 0 Å². The van der Waals surface area contributed by atoms with Crippen molar-refractivity contribution in [2.45, 2.75) is 24.9 Å². The van der Waals surface area contributed by atoms with Crippen molar-refractivity contribution in [1.82, 2.24) is 20.9 Å². The first-order valence-corrected chi connectivity index (χ1v) is 6.15. The molecular formula is C11H18N4O3. The molecule has 0 radical (unpaired) electrons. The Kier molecular flexibility index (Phi) is 3.81. The zero-order valence-corrected chi connectivity index (χ0v) is 10.4. The fourth-order valence-corrected chi connectivity index (χ4v) is 2.37. The molecule has 2 aliphatic rings. The topological polar surface area (TPSA) is 90.5 Å². The van der Waals surface area contributed by atoms with Gasteiger partial charge < -0.3 is 20.9 Å². The van der Waals surface area contributed by atoms with Crippen molar-refractivity contribution in [2.24, 2.45) is 0 Å². The van der Waals surface area contributed by atoms with Crippen LogP contribution in [0.15, 0.2) is 0 Å². The number of nitrogens with one attached hydrogen (secondary N) is 3. The normalized spacial score (nSPS) is 27.8. The number of carbonyl (C=O) groups excluding carboxylic acids is 3. The van der Waals surface area contributed by atoms with Crippen molar-refractivity contribution in [3.63, 3.8) is 0 Å². The summed E-state index contributed by atoms with van der Waals surface area (Å²) in [6, 6.07) is -0.962. The van der Waals surface area contributed by atoms with Crippen LogP contribution in [0.3, 0.4) is 0 Å². The van der Waals surface area contributed by atoms with Gasteiger partial charge >= 0.3 is 0 Å². The Bertz CT molecular complexity index is 371. The maximum absolute atomic E-state index is 12.3. The van der Waals surface area contributed by atoms with Crippen molar-refractivity contribution in [3.8, 4) is 0 Å². The van der Waals surface area contributed by atoms with Crippen molar-refractivity contribution >= 4 is 17.7 Å². The first kappa shape index (κ1) is 12.8. The molecule has 0 aromatic heterocycles. The molecule has 2 fully saturated rings. The summed E-state index contributed by atoms with van der Waals surface area (Å²) in [4.78, 5) is 36.7. The lowest BCUT2D eigenvalue weighted by Crippen LogP contribution is -2.61. The highest BCUT2D eigenvalue weighted by Gasteiger charge is 2.37. The van der Waals surface area contributed by atoms with E-state index < -0.39 is 12.1 Å². The van der Waals surface area contributed by atoms with Gasteiger partial charge in [-0.25, -0.2) is 0 Å². The van der Waals surface area contributed by atoms with Crippen LogP contribution >= 0.6 is 0 Å². The third-order valence-corrected chi connectivity index (χ3v) is 3.37. The highest BCUT2D eigenvalue weighted by Crippen LogP contribution is 2.13. The van der Waals surface area contributed by atoms with Crippen molar-refractivity contribution in [2.75, 3.05) is 26.7 Å². The molecule has 0 saturated carbocycles. The largest absolute Gasteiger partial charge is 0.357 e. The number of likely N-dealkylation sites (N-methyl/N-ethyl adjacent to an activating group) is 1. The van der Waals surface area contributed by atoms with Crippen LogP contribution < -0.4 is 16.0 Å². The number of carbonyl (C=O) groups is 3. The fraction of sp³-hybridized carbons (Fsp3) is 0.727. The summed E-state index contributed by atoms with van der Waals surface area (Å²) in [6.45, 7) is 1.61. The maximum atomic E-state index is 12.3. The van der Waals surface area contributed by atoms with Crippen LogP contribution in [0.2, 0.25) is 0 Å². The van der Waals surface area contributed by atoms with Crippen LogP contribution in [0, 0.1) is 0 Å². The number of piperazine rings is 1.